The van der Waals surface area contributed by atoms with Gasteiger partial charge in [-0.15, -0.1) is 0 Å². The summed E-state index contributed by atoms with van der Waals surface area (Å²) in [5.74, 6) is 0. The molecule has 0 unspecified atom stereocenters. The molecule has 0 aromatic rings. The second-order valence-corrected chi connectivity index (χ2v) is 7.97. The lowest BCUT2D eigenvalue weighted by Crippen LogP contribution is -2.57. The molecule has 140 valence electrons. The fourth-order valence-corrected chi connectivity index (χ4v) is 4.12. The molecule has 0 saturated heterocycles. The minimum absolute atomic E-state index is 0.207. The van der Waals surface area contributed by atoms with Crippen LogP contribution in [0.2, 0.25) is 0 Å². The van der Waals surface area contributed by atoms with Gasteiger partial charge in [0.15, 0.2) is 0 Å². The first kappa shape index (κ1) is 21.5. The van der Waals surface area contributed by atoms with Gasteiger partial charge < -0.3 is 5.32 Å². The highest BCUT2D eigenvalue weighted by Crippen LogP contribution is 2.34. The molecule has 1 heteroatoms. The predicted molar refractivity (Wildman–Crippen MR) is 110 cm³/mol. The lowest BCUT2D eigenvalue weighted by molar-refractivity contribution is 0.181. The second-order valence-electron chi connectivity index (χ2n) is 7.97. The van der Waals surface area contributed by atoms with Crippen LogP contribution in [-0.2, 0) is 0 Å². The molecule has 0 saturated carbocycles. The van der Waals surface area contributed by atoms with E-state index in [4.69, 9.17) is 0 Å². The molecule has 0 amide bonds. The van der Waals surface area contributed by atoms with Crippen LogP contribution in [0.1, 0.15) is 111 Å². The molecule has 0 aliphatic carbocycles. The van der Waals surface area contributed by atoms with Crippen LogP contribution < -0.4 is 5.32 Å². The maximum absolute atomic E-state index is 4.28. The molecule has 0 aromatic carbocycles. The molecular formula is C23H43N. The van der Waals surface area contributed by atoms with Gasteiger partial charge in [0.25, 0.3) is 0 Å². The summed E-state index contributed by atoms with van der Waals surface area (Å²) < 4.78 is 0. The van der Waals surface area contributed by atoms with Gasteiger partial charge in [0.1, 0.15) is 0 Å². The molecule has 0 fully saturated rings. The summed E-state index contributed by atoms with van der Waals surface area (Å²) in [6, 6.07) is 0. The summed E-state index contributed by atoms with van der Waals surface area (Å²) >= 11 is 0. The quantitative estimate of drug-likeness (QED) is 0.394. The van der Waals surface area contributed by atoms with Crippen LogP contribution in [0.25, 0.3) is 0 Å². The molecule has 0 atom stereocenters. The van der Waals surface area contributed by atoms with Gasteiger partial charge in [0, 0.05) is 11.1 Å². The Kier molecular flexibility index (Phi) is 10.7. The van der Waals surface area contributed by atoms with Crippen molar-refractivity contribution in [2.75, 3.05) is 0 Å². The third-order valence-electron chi connectivity index (χ3n) is 5.66. The van der Waals surface area contributed by atoms with Crippen molar-refractivity contribution in [2.24, 2.45) is 0 Å². The standard InChI is InChI=1S/C23H43N/c1-5-9-16-22(17-10-6-2)20-14-13-15-21-23(24-22,18-11-7-3)19-12-8-4/h13-15,20,24H,5-12,16-19,21H2,1-4H3. The predicted octanol–water partition coefficient (Wildman–Crippen LogP) is 7.33. The summed E-state index contributed by atoms with van der Waals surface area (Å²) in [6.07, 6.45) is 26.4. The molecule has 1 rings (SSSR count). The third-order valence-corrected chi connectivity index (χ3v) is 5.66. The fraction of sp³-hybridized carbons (Fsp3) is 0.826. The summed E-state index contributed by atoms with van der Waals surface area (Å²) in [5.41, 5.74) is 0.507. The van der Waals surface area contributed by atoms with Crippen LogP contribution in [0.3, 0.4) is 0 Å². The molecular weight excluding hydrogens is 290 g/mol. The molecule has 24 heavy (non-hydrogen) atoms. The average Bonchev–Trinajstić information content (AvgIpc) is 2.58. The Morgan fingerprint density at radius 2 is 1.21 bits per heavy atom. The summed E-state index contributed by atoms with van der Waals surface area (Å²) in [6.45, 7) is 9.30. The van der Waals surface area contributed by atoms with Crippen LogP contribution in [-0.4, -0.2) is 11.1 Å². The van der Waals surface area contributed by atoms with Gasteiger partial charge in [-0.25, -0.2) is 0 Å². The third kappa shape index (κ3) is 7.13. The van der Waals surface area contributed by atoms with Gasteiger partial charge in [-0.05, 0) is 32.1 Å². The van der Waals surface area contributed by atoms with E-state index in [9.17, 15) is 0 Å². The van der Waals surface area contributed by atoms with E-state index in [2.05, 4.69) is 57.3 Å². The van der Waals surface area contributed by atoms with Crippen molar-refractivity contribution in [1.29, 1.82) is 0 Å². The summed E-state index contributed by atoms with van der Waals surface area (Å²) in [5, 5.41) is 4.28. The van der Waals surface area contributed by atoms with Crippen molar-refractivity contribution in [3.63, 3.8) is 0 Å². The molecule has 0 aromatic heterocycles. The Bertz CT molecular complexity index is 350. The van der Waals surface area contributed by atoms with E-state index in [0.29, 0.717) is 5.54 Å². The van der Waals surface area contributed by atoms with Crippen molar-refractivity contribution in [3.05, 3.63) is 24.3 Å². The molecule has 0 radical (unpaired) electrons. The maximum Gasteiger partial charge on any atom is 0.0372 e. The molecule has 1 aliphatic rings. The van der Waals surface area contributed by atoms with E-state index in [1.165, 1.54) is 83.5 Å². The van der Waals surface area contributed by atoms with Crippen molar-refractivity contribution in [3.8, 4) is 0 Å². The lowest BCUT2D eigenvalue weighted by atomic mass is 9.77. The zero-order valence-electron chi connectivity index (χ0n) is 17.0. The first-order chi connectivity index (χ1) is 11.7. The van der Waals surface area contributed by atoms with Crippen LogP contribution in [0.5, 0.6) is 0 Å². The van der Waals surface area contributed by atoms with Crippen LogP contribution in [0.15, 0.2) is 24.3 Å². The number of allylic oxidation sites excluding steroid dienone is 2. The van der Waals surface area contributed by atoms with Crippen molar-refractivity contribution >= 4 is 0 Å². The molecule has 0 spiro atoms. The minimum Gasteiger partial charge on any atom is -0.302 e. The van der Waals surface area contributed by atoms with Crippen LogP contribution in [0.4, 0.5) is 0 Å². The van der Waals surface area contributed by atoms with E-state index in [0.717, 1.165) is 0 Å². The number of hydrogen-bond donors (Lipinski definition) is 1. The highest BCUT2D eigenvalue weighted by atomic mass is 15.1. The largest absolute Gasteiger partial charge is 0.302 e. The second kappa shape index (κ2) is 11.9. The zero-order chi connectivity index (χ0) is 17.7. The highest BCUT2D eigenvalue weighted by molar-refractivity contribution is 5.19. The summed E-state index contributed by atoms with van der Waals surface area (Å²) in [4.78, 5) is 0. The number of hydrogen-bond acceptors (Lipinski definition) is 1. The van der Waals surface area contributed by atoms with Gasteiger partial charge in [-0.3, -0.25) is 0 Å². The molecule has 1 nitrogen and oxygen atoms in total. The molecule has 1 heterocycles. The van der Waals surface area contributed by atoms with Gasteiger partial charge in [0.2, 0.25) is 0 Å². The van der Waals surface area contributed by atoms with Gasteiger partial charge in [-0.2, -0.15) is 0 Å². The van der Waals surface area contributed by atoms with E-state index >= 15 is 0 Å². The highest BCUT2D eigenvalue weighted by Gasteiger charge is 2.37. The maximum atomic E-state index is 4.28. The Morgan fingerprint density at radius 1 is 0.708 bits per heavy atom. The molecule has 1 aliphatic heterocycles. The SMILES string of the molecule is CCCCC1(CCCC)C=CC=CCC(CCCC)(CCCC)N1. The van der Waals surface area contributed by atoms with E-state index in [1.54, 1.807) is 0 Å². The molecule has 0 bridgehead atoms. The monoisotopic (exact) mass is 333 g/mol. The van der Waals surface area contributed by atoms with E-state index in [-0.39, 0.29) is 5.54 Å². The number of nitrogens with one attached hydrogen (secondary N) is 1. The zero-order valence-corrected chi connectivity index (χ0v) is 17.0. The topological polar surface area (TPSA) is 12.0 Å². The van der Waals surface area contributed by atoms with Crippen molar-refractivity contribution < 1.29 is 0 Å². The Morgan fingerprint density at radius 3 is 1.71 bits per heavy atom. The van der Waals surface area contributed by atoms with Crippen molar-refractivity contribution in [2.45, 2.75) is 122 Å². The minimum atomic E-state index is 0.207. The van der Waals surface area contributed by atoms with E-state index in [1.807, 2.05) is 0 Å². The van der Waals surface area contributed by atoms with Crippen molar-refractivity contribution in [1.82, 2.24) is 5.32 Å². The van der Waals surface area contributed by atoms with Crippen LogP contribution >= 0.6 is 0 Å². The number of rotatable bonds is 12. The fourth-order valence-electron chi connectivity index (χ4n) is 4.12. The summed E-state index contributed by atoms with van der Waals surface area (Å²) in [7, 11) is 0. The smallest absolute Gasteiger partial charge is 0.0372 e. The van der Waals surface area contributed by atoms with Gasteiger partial charge >= 0.3 is 0 Å². The Labute approximate surface area is 152 Å². The van der Waals surface area contributed by atoms with E-state index < -0.39 is 0 Å². The average molecular weight is 334 g/mol. The lowest BCUT2D eigenvalue weighted by Gasteiger charge is -2.45. The van der Waals surface area contributed by atoms with Crippen LogP contribution in [0, 0.1) is 0 Å². The molecule has 1 N–H and O–H groups in total. The van der Waals surface area contributed by atoms with Gasteiger partial charge in [-0.1, -0.05) is 103 Å². The normalized spacial score (nSPS) is 19.2. The Hall–Kier alpha value is -0.560. The van der Waals surface area contributed by atoms with Gasteiger partial charge in [0.05, 0.1) is 0 Å². The first-order valence-electron chi connectivity index (χ1n) is 10.8. The first-order valence-corrected chi connectivity index (χ1v) is 10.8. The Balaban J connectivity index is 3.07. The number of unbranched alkanes of at least 4 members (excludes halogenated alkanes) is 4.